The summed E-state index contributed by atoms with van der Waals surface area (Å²) < 4.78 is 5.83. The molecule has 1 N–H and O–H groups in total. The molecule has 0 spiro atoms. The molecule has 0 aliphatic heterocycles. The lowest BCUT2D eigenvalue weighted by Crippen LogP contribution is -2.16. The highest BCUT2D eigenvalue weighted by Gasteiger charge is 2.11. The van der Waals surface area contributed by atoms with Crippen molar-refractivity contribution in [1.82, 2.24) is 0 Å². The van der Waals surface area contributed by atoms with Crippen molar-refractivity contribution >= 4 is 11.9 Å². The van der Waals surface area contributed by atoms with Crippen molar-refractivity contribution in [2.45, 2.75) is 193 Å². The maximum Gasteiger partial charge on any atom is 0.306 e. The highest BCUT2D eigenvalue weighted by atomic mass is 16.5. The predicted molar refractivity (Wildman–Crippen MR) is 190 cm³/mol. The molecule has 0 aromatic rings. The van der Waals surface area contributed by atoms with Crippen LogP contribution in [0.1, 0.15) is 187 Å². The second-order valence-corrected chi connectivity index (χ2v) is 12.4. The van der Waals surface area contributed by atoms with E-state index in [1.54, 1.807) is 0 Å². The van der Waals surface area contributed by atoms with Crippen LogP contribution in [0.15, 0.2) is 48.6 Å². The first-order chi connectivity index (χ1) is 21.6. The maximum absolute atomic E-state index is 12.5. The van der Waals surface area contributed by atoms with Crippen LogP contribution >= 0.6 is 0 Å². The lowest BCUT2D eigenvalue weighted by Gasteiger charge is -2.14. The van der Waals surface area contributed by atoms with Gasteiger partial charge in [0, 0.05) is 12.8 Å². The zero-order valence-electron chi connectivity index (χ0n) is 29.0. The molecule has 0 rings (SSSR count). The summed E-state index contributed by atoms with van der Waals surface area (Å²) in [5.41, 5.74) is 0. The van der Waals surface area contributed by atoms with Gasteiger partial charge in [-0.15, -0.1) is 0 Å². The van der Waals surface area contributed by atoms with E-state index in [4.69, 9.17) is 9.84 Å². The van der Waals surface area contributed by atoms with Gasteiger partial charge in [-0.25, -0.2) is 0 Å². The fraction of sp³-hybridized carbons (Fsp3) is 0.750. The number of ether oxygens (including phenoxy) is 1. The summed E-state index contributed by atoms with van der Waals surface area (Å²) in [6.07, 6.45) is 47.2. The lowest BCUT2D eigenvalue weighted by molar-refractivity contribution is -0.147. The molecule has 0 radical (unpaired) electrons. The number of hydrogen-bond donors (Lipinski definition) is 1. The Bertz CT molecular complexity index is 748. The van der Waals surface area contributed by atoms with Crippen molar-refractivity contribution in [2.75, 3.05) is 0 Å². The summed E-state index contributed by atoms with van der Waals surface area (Å²) in [5.74, 6) is -0.822. The third-order valence-corrected chi connectivity index (χ3v) is 8.02. The number of carboxylic acid groups (broad SMARTS) is 1. The van der Waals surface area contributed by atoms with E-state index in [-0.39, 0.29) is 18.5 Å². The number of allylic oxidation sites excluding steroid dienone is 7. The summed E-state index contributed by atoms with van der Waals surface area (Å²) in [4.78, 5) is 23.2. The van der Waals surface area contributed by atoms with Crippen molar-refractivity contribution in [3.63, 3.8) is 0 Å². The molecule has 0 aromatic heterocycles. The smallest absolute Gasteiger partial charge is 0.306 e. The molecule has 44 heavy (non-hydrogen) atoms. The summed E-state index contributed by atoms with van der Waals surface area (Å²) in [6.45, 7) is 4.41. The average molecular weight is 615 g/mol. The normalized spacial score (nSPS) is 12.8. The SMILES string of the molecule is CC/C=C\C/C=C\C/C=C\C(CCCCCCC(=O)O)OC(=O)CCCCCCCCCCC/C=C\CCCCCCCC. The fourth-order valence-electron chi connectivity index (χ4n) is 5.29. The Morgan fingerprint density at radius 2 is 1.02 bits per heavy atom. The van der Waals surface area contributed by atoms with E-state index in [1.807, 2.05) is 6.08 Å². The molecule has 4 heteroatoms. The van der Waals surface area contributed by atoms with Crippen LogP contribution in [-0.2, 0) is 14.3 Å². The maximum atomic E-state index is 12.5. The Labute approximate surface area is 272 Å². The van der Waals surface area contributed by atoms with E-state index in [1.165, 1.54) is 96.3 Å². The Morgan fingerprint density at radius 1 is 0.545 bits per heavy atom. The summed E-state index contributed by atoms with van der Waals surface area (Å²) in [5, 5.41) is 8.81. The molecule has 4 nitrogen and oxygen atoms in total. The summed E-state index contributed by atoms with van der Waals surface area (Å²) in [6, 6.07) is 0. The first kappa shape index (κ1) is 41.9. The molecule has 0 bridgehead atoms. The summed E-state index contributed by atoms with van der Waals surface area (Å²) >= 11 is 0. The first-order valence-electron chi connectivity index (χ1n) is 18.6. The number of carbonyl (C=O) groups excluding carboxylic acids is 1. The number of aliphatic carboxylic acids is 1. The molecule has 0 saturated heterocycles. The Hall–Kier alpha value is -2.10. The van der Waals surface area contributed by atoms with E-state index in [0.717, 1.165) is 57.8 Å². The largest absolute Gasteiger partial charge is 0.481 e. The number of unbranched alkanes of at least 4 members (excludes halogenated alkanes) is 18. The van der Waals surface area contributed by atoms with Crippen LogP contribution in [0.4, 0.5) is 0 Å². The standard InChI is InChI=1S/C40H70O4/c1-3-5-7-9-11-13-14-15-16-17-18-19-20-21-22-23-25-27-33-37-40(43)44-38(35-31-28-29-32-36-39(41)42)34-30-26-24-12-10-8-6-4-2/h6,8,12,15-16,24,30,34,38H,3-5,7,9-11,13-14,17-23,25-29,31-33,35-37H2,1-2H3,(H,41,42)/b8-6-,16-15-,24-12-,34-30-. The summed E-state index contributed by atoms with van der Waals surface area (Å²) in [7, 11) is 0. The highest BCUT2D eigenvalue weighted by molar-refractivity contribution is 5.69. The van der Waals surface area contributed by atoms with Gasteiger partial charge in [0.15, 0.2) is 0 Å². The van der Waals surface area contributed by atoms with Crippen LogP contribution in [0, 0.1) is 0 Å². The van der Waals surface area contributed by atoms with Gasteiger partial charge < -0.3 is 9.84 Å². The van der Waals surface area contributed by atoms with Crippen LogP contribution in [0.5, 0.6) is 0 Å². The molecule has 0 aromatic carbocycles. The second kappa shape index (κ2) is 35.4. The molecule has 0 amide bonds. The number of rotatable bonds is 33. The molecular formula is C40H70O4. The Morgan fingerprint density at radius 3 is 1.59 bits per heavy atom. The third kappa shape index (κ3) is 34.4. The van der Waals surface area contributed by atoms with Gasteiger partial charge in [-0.1, -0.05) is 146 Å². The van der Waals surface area contributed by atoms with Gasteiger partial charge >= 0.3 is 11.9 Å². The van der Waals surface area contributed by atoms with E-state index < -0.39 is 5.97 Å². The van der Waals surface area contributed by atoms with E-state index in [2.05, 4.69) is 56.4 Å². The molecule has 0 fully saturated rings. The topological polar surface area (TPSA) is 63.6 Å². The minimum Gasteiger partial charge on any atom is -0.481 e. The van der Waals surface area contributed by atoms with Crippen molar-refractivity contribution in [3.8, 4) is 0 Å². The van der Waals surface area contributed by atoms with Crippen molar-refractivity contribution in [2.24, 2.45) is 0 Å². The van der Waals surface area contributed by atoms with Crippen molar-refractivity contribution in [3.05, 3.63) is 48.6 Å². The molecule has 0 saturated carbocycles. The van der Waals surface area contributed by atoms with Crippen molar-refractivity contribution in [1.29, 1.82) is 0 Å². The molecule has 254 valence electrons. The van der Waals surface area contributed by atoms with Gasteiger partial charge in [0.05, 0.1) is 0 Å². The van der Waals surface area contributed by atoms with Crippen LogP contribution < -0.4 is 0 Å². The lowest BCUT2D eigenvalue weighted by atomic mass is 10.1. The number of carbonyl (C=O) groups is 2. The van der Waals surface area contributed by atoms with E-state index in [9.17, 15) is 9.59 Å². The van der Waals surface area contributed by atoms with Gasteiger partial charge in [-0.05, 0) is 76.7 Å². The number of carboxylic acids is 1. The van der Waals surface area contributed by atoms with Gasteiger partial charge in [-0.2, -0.15) is 0 Å². The van der Waals surface area contributed by atoms with Gasteiger partial charge in [0.2, 0.25) is 0 Å². The predicted octanol–water partition coefficient (Wildman–Crippen LogP) is 12.8. The van der Waals surface area contributed by atoms with Gasteiger partial charge in [-0.3, -0.25) is 9.59 Å². The zero-order valence-corrected chi connectivity index (χ0v) is 29.0. The number of esters is 1. The minimum absolute atomic E-state index is 0.0909. The molecule has 0 heterocycles. The molecular weight excluding hydrogens is 544 g/mol. The van der Waals surface area contributed by atoms with Crippen LogP contribution in [0.2, 0.25) is 0 Å². The second-order valence-electron chi connectivity index (χ2n) is 12.4. The van der Waals surface area contributed by atoms with Gasteiger partial charge in [0.25, 0.3) is 0 Å². The van der Waals surface area contributed by atoms with Crippen LogP contribution in [0.25, 0.3) is 0 Å². The Balaban J connectivity index is 3.95. The highest BCUT2D eigenvalue weighted by Crippen LogP contribution is 2.15. The zero-order chi connectivity index (χ0) is 32.2. The average Bonchev–Trinajstić information content (AvgIpc) is 3.01. The number of hydrogen-bond acceptors (Lipinski definition) is 3. The quantitative estimate of drug-likeness (QED) is 0.0454. The monoisotopic (exact) mass is 615 g/mol. The fourth-order valence-corrected chi connectivity index (χ4v) is 5.29. The first-order valence-corrected chi connectivity index (χ1v) is 18.6. The van der Waals surface area contributed by atoms with Crippen molar-refractivity contribution < 1.29 is 19.4 Å². The Kier molecular flexibility index (Phi) is 33.7. The molecule has 0 aliphatic carbocycles. The van der Waals surface area contributed by atoms with E-state index in [0.29, 0.717) is 12.8 Å². The van der Waals surface area contributed by atoms with Crippen LogP contribution in [0.3, 0.4) is 0 Å². The van der Waals surface area contributed by atoms with Crippen LogP contribution in [-0.4, -0.2) is 23.1 Å². The molecule has 1 unspecified atom stereocenters. The van der Waals surface area contributed by atoms with Gasteiger partial charge in [0.1, 0.15) is 6.10 Å². The molecule has 0 aliphatic rings. The third-order valence-electron chi connectivity index (χ3n) is 8.02. The molecule has 1 atom stereocenters. The van der Waals surface area contributed by atoms with E-state index >= 15 is 0 Å². The minimum atomic E-state index is -0.731.